The number of carbonyl (C=O) groups is 1. The number of carbonyl (C=O) groups excluding carboxylic acids is 1. The fraction of sp³-hybridized carbons (Fsp3) is 0.533. The van der Waals surface area contributed by atoms with Gasteiger partial charge in [-0.1, -0.05) is 26.0 Å². The maximum atomic E-state index is 11.6. The molecular formula is C15H24N2O2. The summed E-state index contributed by atoms with van der Waals surface area (Å²) < 4.78 is 5.35. The Balaban J connectivity index is 2.69. The van der Waals surface area contributed by atoms with Crippen molar-refractivity contribution >= 4 is 5.91 Å². The van der Waals surface area contributed by atoms with Gasteiger partial charge in [0.15, 0.2) is 0 Å². The first-order valence-electron chi connectivity index (χ1n) is 6.57. The molecule has 0 heterocycles. The molecule has 0 atom stereocenters. The van der Waals surface area contributed by atoms with Crippen LogP contribution in [0.1, 0.15) is 37.3 Å². The summed E-state index contributed by atoms with van der Waals surface area (Å²) in [6.07, 6.45) is 1.23. The molecule has 0 aliphatic rings. The summed E-state index contributed by atoms with van der Waals surface area (Å²) in [5.41, 5.74) is 5.10. The van der Waals surface area contributed by atoms with Gasteiger partial charge < -0.3 is 4.74 Å². The number of nitrogens with one attached hydrogen (secondary N) is 1. The lowest BCUT2D eigenvalue weighted by Crippen LogP contribution is -2.36. The molecule has 4 heteroatoms. The third-order valence-electron chi connectivity index (χ3n) is 2.91. The predicted molar refractivity (Wildman–Crippen MR) is 77.2 cm³/mol. The first-order chi connectivity index (χ1) is 8.93. The highest BCUT2D eigenvalue weighted by atomic mass is 16.5. The molecule has 0 aromatic heterocycles. The van der Waals surface area contributed by atoms with Crippen LogP contribution in [0.5, 0.6) is 5.75 Å². The molecule has 1 amide bonds. The van der Waals surface area contributed by atoms with Crippen LogP contribution in [-0.2, 0) is 11.2 Å². The van der Waals surface area contributed by atoms with Gasteiger partial charge in [0.1, 0.15) is 5.75 Å². The molecule has 1 rings (SSSR count). The predicted octanol–water partition coefficient (Wildman–Crippen LogP) is 2.34. The van der Waals surface area contributed by atoms with E-state index < -0.39 is 0 Å². The molecule has 0 fully saturated rings. The minimum Gasteiger partial charge on any atom is -0.496 e. The molecule has 0 saturated heterocycles. The van der Waals surface area contributed by atoms with Crippen LogP contribution < -0.4 is 10.2 Å². The molecule has 1 N–H and O–H groups in total. The number of hydrazine groups is 1. The Morgan fingerprint density at radius 3 is 2.58 bits per heavy atom. The monoisotopic (exact) mass is 264 g/mol. The van der Waals surface area contributed by atoms with Gasteiger partial charge in [-0.05, 0) is 29.5 Å². The zero-order valence-corrected chi connectivity index (χ0v) is 12.5. The van der Waals surface area contributed by atoms with Crippen LogP contribution in [0.4, 0.5) is 0 Å². The maximum Gasteiger partial charge on any atom is 0.234 e. The van der Waals surface area contributed by atoms with Gasteiger partial charge >= 0.3 is 0 Å². The SMILES string of the molecule is COc1ccc(CCC(=O)NN(C)C)cc1C(C)C. The highest BCUT2D eigenvalue weighted by molar-refractivity contribution is 5.75. The van der Waals surface area contributed by atoms with Gasteiger partial charge in [-0.3, -0.25) is 10.2 Å². The zero-order valence-electron chi connectivity index (χ0n) is 12.5. The van der Waals surface area contributed by atoms with E-state index in [4.69, 9.17) is 4.74 Å². The van der Waals surface area contributed by atoms with E-state index in [-0.39, 0.29) is 5.91 Å². The molecule has 0 aliphatic carbocycles. The van der Waals surface area contributed by atoms with E-state index in [1.807, 2.05) is 26.2 Å². The molecule has 1 aromatic carbocycles. The third-order valence-corrected chi connectivity index (χ3v) is 2.91. The van der Waals surface area contributed by atoms with Gasteiger partial charge in [-0.15, -0.1) is 0 Å². The Kier molecular flexibility index (Phi) is 5.83. The smallest absolute Gasteiger partial charge is 0.234 e. The number of hydrogen-bond acceptors (Lipinski definition) is 3. The van der Waals surface area contributed by atoms with Gasteiger partial charge in [0, 0.05) is 20.5 Å². The minimum absolute atomic E-state index is 0.0342. The van der Waals surface area contributed by atoms with Crippen molar-refractivity contribution in [1.82, 2.24) is 10.4 Å². The van der Waals surface area contributed by atoms with Crippen molar-refractivity contribution in [2.75, 3.05) is 21.2 Å². The molecule has 0 unspecified atom stereocenters. The van der Waals surface area contributed by atoms with Crippen LogP contribution in [-0.4, -0.2) is 32.1 Å². The average molecular weight is 264 g/mol. The normalized spacial score (nSPS) is 10.9. The second kappa shape index (κ2) is 7.14. The quantitative estimate of drug-likeness (QED) is 0.802. The first kappa shape index (κ1) is 15.5. The topological polar surface area (TPSA) is 41.6 Å². The largest absolute Gasteiger partial charge is 0.496 e. The summed E-state index contributed by atoms with van der Waals surface area (Å²) in [5.74, 6) is 1.36. The number of methoxy groups -OCH3 is 1. The van der Waals surface area contributed by atoms with Crippen LogP contribution in [0.25, 0.3) is 0 Å². The van der Waals surface area contributed by atoms with E-state index >= 15 is 0 Å². The van der Waals surface area contributed by atoms with E-state index in [0.29, 0.717) is 12.3 Å². The summed E-state index contributed by atoms with van der Waals surface area (Å²) in [6, 6.07) is 6.13. The molecule has 0 aliphatic heterocycles. The highest BCUT2D eigenvalue weighted by Crippen LogP contribution is 2.27. The lowest BCUT2D eigenvalue weighted by Gasteiger charge is -2.14. The van der Waals surface area contributed by atoms with Crippen molar-refractivity contribution in [2.45, 2.75) is 32.6 Å². The van der Waals surface area contributed by atoms with E-state index in [9.17, 15) is 4.79 Å². The van der Waals surface area contributed by atoms with Crippen LogP contribution in [0.15, 0.2) is 18.2 Å². The Morgan fingerprint density at radius 2 is 2.05 bits per heavy atom. The zero-order chi connectivity index (χ0) is 14.4. The van der Waals surface area contributed by atoms with Gasteiger partial charge in [0.25, 0.3) is 0 Å². The number of benzene rings is 1. The van der Waals surface area contributed by atoms with Crippen LogP contribution in [0.3, 0.4) is 0 Å². The van der Waals surface area contributed by atoms with E-state index in [1.165, 1.54) is 11.1 Å². The maximum absolute atomic E-state index is 11.6. The number of rotatable bonds is 6. The molecule has 0 saturated carbocycles. The Morgan fingerprint density at radius 1 is 1.37 bits per heavy atom. The minimum atomic E-state index is 0.0342. The fourth-order valence-electron chi connectivity index (χ4n) is 1.95. The molecule has 106 valence electrons. The Bertz CT molecular complexity index is 428. The number of hydrogen-bond donors (Lipinski definition) is 1. The summed E-state index contributed by atoms with van der Waals surface area (Å²) in [6.45, 7) is 4.28. The number of aryl methyl sites for hydroxylation is 1. The number of ether oxygens (including phenoxy) is 1. The molecule has 0 bridgehead atoms. The average Bonchev–Trinajstić information content (AvgIpc) is 2.35. The molecule has 1 aromatic rings. The fourth-order valence-corrected chi connectivity index (χ4v) is 1.95. The third kappa shape index (κ3) is 4.91. The Hall–Kier alpha value is -1.55. The van der Waals surface area contributed by atoms with Gasteiger partial charge in [-0.2, -0.15) is 0 Å². The molecule has 4 nitrogen and oxygen atoms in total. The van der Waals surface area contributed by atoms with Crippen molar-refractivity contribution in [3.8, 4) is 5.75 Å². The standard InChI is InChI=1S/C15H24N2O2/c1-11(2)13-10-12(6-8-14(13)19-5)7-9-15(18)16-17(3)4/h6,8,10-11H,7,9H2,1-5H3,(H,16,18). The van der Waals surface area contributed by atoms with Crippen LogP contribution in [0.2, 0.25) is 0 Å². The second-order valence-electron chi connectivity index (χ2n) is 5.16. The lowest BCUT2D eigenvalue weighted by molar-refractivity contribution is -0.124. The lowest BCUT2D eigenvalue weighted by atomic mass is 9.98. The molecule has 0 radical (unpaired) electrons. The Labute approximate surface area is 115 Å². The summed E-state index contributed by atoms with van der Waals surface area (Å²) >= 11 is 0. The van der Waals surface area contributed by atoms with Crippen molar-refractivity contribution < 1.29 is 9.53 Å². The second-order valence-corrected chi connectivity index (χ2v) is 5.16. The molecular weight excluding hydrogens is 240 g/mol. The molecule has 19 heavy (non-hydrogen) atoms. The van der Waals surface area contributed by atoms with Crippen LogP contribution in [0, 0.1) is 0 Å². The summed E-state index contributed by atoms with van der Waals surface area (Å²) in [7, 11) is 5.30. The van der Waals surface area contributed by atoms with Crippen molar-refractivity contribution in [3.63, 3.8) is 0 Å². The van der Waals surface area contributed by atoms with Crippen molar-refractivity contribution in [2.24, 2.45) is 0 Å². The van der Waals surface area contributed by atoms with E-state index in [2.05, 4.69) is 25.3 Å². The molecule has 0 spiro atoms. The highest BCUT2D eigenvalue weighted by Gasteiger charge is 2.09. The van der Waals surface area contributed by atoms with Crippen molar-refractivity contribution in [3.05, 3.63) is 29.3 Å². The van der Waals surface area contributed by atoms with E-state index in [1.54, 1.807) is 12.1 Å². The van der Waals surface area contributed by atoms with Crippen molar-refractivity contribution in [1.29, 1.82) is 0 Å². The number of amides is 1. The van der Waals surface area contributed by atoms with Crippen LogP contribution >= 0.6 is 0 Å². The van der Waals surface area contributed by atoms with E-state index in [0.717, 1.165) is 12.2 Å². The van der Waals surface area contributed by atoms with Gasteiger partial charge in [0.2, 0.25) is 5.91 Å². The summed E-state index contributed by atoms with van der Waals surface area (Å²) in [5, 5.41) is 1.66. The van der Waals surface area contributed by atoms with Gasteiger partial charge in [-0.25, -0.2) is 5.01 Å². The number of nitrogens with zero attached hydrogens (tertiary/aromatic N) is 1. The first-order valence-corrected chi connectivity index (χ1v) is 6.57. The summed E-state index contributed by atoms with van der Waals surface area (Å²) in [4.78, 5) is 11.6. The van der Waals surface area contributed by atoms with Gasteiger partial charge in [0.05, 0.1) is 7.11 Å².